The smallest absolute Gasteiger partial charge is 0.262 e. The van der Waals surface area contributed by atoms with Crippen LogP contribution in [0.15, 0.2) is 53.3 Å². The van der Waals surface area contributed by atoms with Gasteiger partial charge in [0.1, 0.15) is 6.04 Å². The lowest BCUT2D eigenvalue weighted by Crippen LogP contribution is -2.51. The van der Waals surface area contributed by atoms with Gasteiger partial charge in [0.05, 0.1) is 10.9 Å². The van der Waals surface area contributed by atoms with Crippen molar-refractivity contribution in [2.45, 2.75) is 19.5 Å². The number of hydrogen-bond donors (Lipinski definition) is 1. The summed E-state index contributed by atoms with van der Waals surface area (Å²) in [5, 5.41) is 4.24. The number of anilines is 1. The first-order valence-corrected chi connectivity index (χ1v) is 10.9. The minimum atomic E-state index is -0.589. The zero-order valence-electron chi connectivity index (χ0n) is 17.7. The monoisotopic (exact) mass is 439 g/mol. The number of hydrogen-bond acceptors (Lipinski definition) is 5. The van der Waals surface area contributed by atoms with Crippen molar-refractivity contribution in [3.63, 3.8) is 0 Å². The molecule has 1 aromatic heterocycles. The average molecular weight is 440 g/mol. The number of benzene rings is 2. The van der Waals surface area contributed by atoms with Crippen molar-refractivity contribution in [2.75, 3.05) is 38.1 Å². The number of rotatable bonds is 5. The fourth-order valence-electron chi connectivity index (χ4n) is 4.08. The van der Waals surface area contributed by atoms with Crippen LogP contribution >= 0.6 is 11.6 Å². The standard InChI is InChI=1S/C23H26ClN5O2/c1-3-29-21(30)18-15-17(24)9-10-19(18)26-23(29)27(2)20(16-7-5-4-6-8-16)22(31)28-13-11-25-12-14-28/h4-10,15,20,25H,3,11-14H2,1-2H3/t20-/m1/s1. The van der Waals surface area contributed by atoms with Crippen LogP contribution in [0.25, 0.3) is 10.9 Å². The first kappa shape index (κ1) is 21.3. The number of halogens is 1. The molecule has 0 saturated carbocycles. The second-order valence-corrected chi connectivity index (χ2v) is 8.06. The van der Waals surface area contributed by atoms with E-state index in [9.17, 15) is 9.59 Å². The molecule has 1 saturated heterocycles. The molecule has 8 heteroatoms. The molecule has 4 rings (SSSR count). The summed E-state index contributed by atoms with van der Waals surface area (Å²) < 4.78 is 1.60. The number of likely N-dealkylation sites (N-methyl/N-ethyl adjacent to an activating group) is 1. The van der Waals surface area contributed by atoms with E-state index in [2.05, 4.69) is 5.32 Å². The van der Waals surface area contributed by atoms with Gasteiger partial charge in [-0.25, -0.2) is 4.98 Å². The molecule has 0 unspecified atom stereocenters. The maximum Gasteiger partial charge on any atom is 0.262 e. The Bertz CT molecular complexity index is 1140. The number of amides is 1. The molecule has 1 fully saturated rings. The topological polar surface area (TPSA) is 70.5 Å². The number of carbonyl (C=O) groups excluding carboxylic acids is 1. The lowest BCUT2D eigenvalue weighted by Gasteiger charge is -2.36. The van der Waals surface area contributed by atoms with Crippen LogP contribution < -0.4 is 15.8 Å². The minimum Gasteiger partial charge on any atom is -0.338 e. The summed E-state index contributed by atoms with van der Waals surface area (Å²) in [6.45, 7) is 5.17. The number of nitrogens with zero attached hydrogens (tertiary/aromatic N) is 4. The predicted molar refractivity (Wildman–Crippen MR) is 124 cm³/mol. The van der Waals surface area contributed by atoms with Gasteiger partial charge >= 0.3 is 0 Å². The van der Waals surface area contributed by atoms with E-state index < -0.39 is 6.04 Å². The number of aromatic nitrogens is 2. The normalized spacial score (nSPS) is 15.1. The van der Waals surface area contributed by atoms with Gasteiger partial charge < -0.3 is 15.1 Å². The Hall–Kier alpha value is -2.90. The zero-order valence-corrected chi connectivity index (χ0v) is 18.5. The first-order chi connectivity index (χ1) is 15.0. The summed E-state index contributed by atoms with van der Waals surface area (Å²) in [5.74, 6) is 0.461. The fraction of sp³-hybridized carbons (Fsp3) is 0.348. The molecule has 1 N–H and O–H groups in total. The summed E-state index contributed by atoms with van der Waals surface area (Å²) in [4.78, 5) is 35.3. The molecule has 0 bridgehead atoms. The van der Waals surface area contributed by atoms with Crippen molar-refractivity contribution < 1.29 is 4.79 Å². The van der Waals surface area contributed by atoms with Gasteiger partial charge in [0.2, 0.25) is 11.9 Å². The summed E-state index contributed by atoms with van der Waals surface area (Å²) >= 11 is 6.10. The summed E-state index contributed by atoms with van der Waals surface area (Å²) in [5.41, 5.74) is 1.25. The lowest BCUT2D eigenvalue weighted by atomic mass is 10.0. The van der Waals surface area contributed by atoms with Crippen LogP contribution in [0.3, 0.4) is 0 Å². The third-order valence-corrected chi connectivity index (χ3v) is 5.93. The highest BCUT2D eigenvalue weighted by Crippen LogP contribution is 2.28. The Labute approximate surface area is 186 Å². The molecule has 3 aromatic rings. The first-order valence-electron chi connectivity index (χ1n) is 10.5. The van der Waals surface area contributed by atoms with Gasteiger partial charge in [-0.1, -0.05) is 41.9 Å². The minimum absolute atomic E-state index is 0.00306. The number of nitrogens with one attached hydrogen (secondary N) is 1. The fourth-order valence-corrected chi connectivity index (χ4v) is 4.25. The van der Waals surface area contributed by atoms with Crippen molar-refractivity contribution in [2.24, 2.45) is 0 Å². The number of carbonyl (C=O) groups is 1. The van der Waals surface area contributed by atoms with Crippen LogP contribution in [0.4, 0.5) is 5.95 Å². The van der Waals surface area contributed by atoms with E-state index >= 15 is 0 Å². The van der Waals surface area contributed by atoms with Gasteiger partial charge in [0.25, 0.3) is 5.56 Å². The molecule has 1 aliphatic rings. The van der Waals surface area contributed by atoms with Crippen molar-refractivity contribution in [1.82, 2.24) is 19.8 Å². The van der Waals surface area contributed by atoms with E-state index in [1.807, 2.05) is 54.1 Å². The Kier molecular flexibility index (Phi) is 6.25. The van der Waals surface area contributed by atoms with E-state index in [0.717, 1.165) is 18.7 Å². The average Bonchev–Trinajstić information content (AvgIpc) is 2.80. The van der Waals surface area contributed by atoms with Crippen molar-refractivity contribution in [1.29, 1.82) is 0 Å². The van der Waals surface area contributed by atoms with Crippen molar-refractivity contribution in [3.8, 4) is 0 Å². The van der Waals surface area contributed by atoms with Gasteiger partial charge in [-0.15, -0.1) is 0 Å². The number of fused-ring (bicyclic) bond motifs is 1. The van der Waals surface area contributed by atoms with Gasteiger partial charge in [-0.2, -0.15) is 0 Å². The molecule has 2 heterocycles. The van der Waals surface area contributed by atoms with E-state index in [-0.39, 0.29) is 11.5 Å². The van der Waals surface area contributed by atoms with Crippen molar-refractivity contribution >= 4 is 34.4 Å². The maximum absolute atomic E-state index is 13.6. The molecule has 1 amide bonds. The second kappa shape index (κ2) is 9.08. The van der Waals surface area contributed by atoms with Gasteiger partial charge in [0, 0.05) is 44.8 Å². The molecule has 1 atom stereocenters. The molecule has 2 aromatic carbocycles. The molecule has 0 spiro atoms. The SMILES string of the molecule is CCn1c(N(C)[C@@H](C(=O)N2CCNCC2)c2ccccc2)nc2ccc(Cl)cc2c1=O. The van der Waals surface area contributed by atoms with Gasteiger partial charge in [-0.05, 0) is 30.7 Å². The molecule has 0 aliphatic carbocycles. The van der Waals surface area contributed by atoms with Crippen LogP contribution in [0, 0.1) is 0 Å². The number of piperazine rings is 1. The Morgan fingerprint density at radius 2 is 1.90 bits per heavy atom. The zero-order chi connectivity index (χ0) is 22.0. The van der Waals surface area contributed by atoms with Crippen LogP contribution in [0.2, 0.25) is 5.02 Å². The molecule has 0 radical (unpaired) electrons. The highest BCUT2D eigenvalue weighted by molar-refractivity contribution is 6.31. The molecule has 7 nitrogen and oxygen atoms in total. The Morgan fingerprint density at radius 3 is 2.58 bits per heavy atom. The molecular formula is C23H26ClN5O2. The van der Waals surface area contributed by atoms with Gasteiger partial charge in [0.15, 0.2) is 0 Å². The Morgan fingerprint density at radius 1 is 1.19 bits per heavy atom. The van der Waals surface area contributed by atoms with Crippen LogP contribution in [-0.4, -0.2) is 53.6 Å². The highest BCUT2D eigenvalue weighted by Gasteiger charge is 2.32. The molecular weight excluding hydrogens is 414 g/mol. The maximum atomic E-state index is 13.6. The van der Waals surface area contributed by atoms with Crippen molar-refractivity contribution in [3.05, 3.63) is 69.5 Å². The van der Waals surface area contributed by atoms with Crippen LogP contribution in [0.1, 0.15) is 18.5 Å². The van der Waals surface area contributed by atoms with E-state index in [0.29, 0.717) is 41.5 Å². The van der Waals surface area contributed by atoms with Crippen LogP contribution in [-0.2, 0) is 11.3 Å². The third kappa shape index (κ3) is 4.16. The van der Waals surface area contributed by atoms with E-state index in [4.69, 9.17) is 16.6 Å². The molecule has 1 aliphatic heterocycles. The van der Waals surface area contributed by atoms with E-state index in [1.165, 1.54) is 0 Å². The van der Waals surface area contributed by atoms with E-state index in [1.54, 1.807) is 22.8 Å². The molecule has 31 heavy (non-hydrogen) atoms. The summed E-state index contributed by atoms with van der Waals surface area (Å²) in [7, 11) is 1.83. The lowest BCUT2D eigenvalue weighted by molar-refractivity contribution is -0.133. The van der Waals surface area contributed by atoms with Gasteiger partial charge in [-0.3, -0.25) is 14.2 Å². The summed E-state index contributed by atoms with van der Waals surface area (Å²) in [6.07, 6.45) is 0. The third-order valence-electron chi connectivity index (χ3n) is 5.69. The highest BCUT2D eigenvalue weighted by atomic mass is 35.5. The quantitative estimate of drug-likeness (QED) is 0.661. The second-order valence-electron chi connectivity index (χ2n) is 7.62. The largest absolute Gasteiger partial charge is 0.338 e. The molecule has 162 valence electrons. The predicted octanol–water partition coefficient (Wildman–Crippen LogP) is 2.68. The Balaban J connectivity index is 1.84. The summed E-state index contributed by atoms with van der Waals surface area (Å²) in [6, 6.07) is 14.2. The van der Waals surface area contributed by atoms with Crippen LogP contribution in [0.5, 0.6) is 0 Å².